The van der Waals surface area contributed by atoms with E-state index in [4.69, 9.17) is 0 Å². The first kappa shape index (κ1) is 15.7. The van der Waals surface area contributed by atoms with Gasteiger partial charge in [-0.3, -0.25) is 9.59 Å². The molecule has 1 aliphatic carbocycles. The molecule has 1 aromatic heterocycles. The number of aromatic nitrogens is 2. The highest BCUT2D eigenvalue weighted by atomic mass is 16.2. The molecule has 2 heterocycles. The number of amides is 2. The first-order chi connectivity index (χ1) is 11.0. The van der Waals surface area contributed by atoms with Crippen molar-refractivity contribution >= 4 is 17.8 Å². The standard InChI is InChI=1S/C16H23N5O2/c1-12(2)19-13(22)16(4-5-16)14(23)20-8-10-21(11-9-20)15-17-6-3-7-18-15/h3,6-7,12H,4-5,8-11H2,1-2H3,(H,19,22). The summed E-state index contributed by atoms with van der Waals surface area (Å²) < 4.78 is 0. The number of nitrogens with one attached hydrogen (secondary N) is 1. The Morgan fingerprint density at radius 3 is 2.26 bits per heavy atom. The minimum atomic E-state index is -0.810. The summed E-state index contributed by atoms with van der Waals surface area (Å²) in [6, 6.07) is 1.84. The Morgan fingerprint density at radius 1 is 1.13 bits per heavy atom. The third-order valence-corrected chi connectivity index (χ3v) is 4.42. The highest BCUT2D eigenvalue weighted by molar-refractivity contribution is 6.08. The largest absolute Gasteiger partial charge is 0.353 e. The molecule has 0 bridgehead atoms. The van der Waals surface area contributed by atoms with Gasteiger partial charge in [-0.15, -0.1) is 0 Å². The van der Waals surface area contributed by atoms with Gasteiger partial charge < -0.3 is 15.1 Å². The number of hydrogen-bond acceptors (Lipinski definition) is 5. The van der Waals surface area contributed by atoms with Crippen LogP contribution in [0.1, 0.15) is 26.7 Å². The van der Waals surface area contributed by atoms with Crippen LogP contribution in [0.15, 0.2) is 18.5 Å². The molecule has 0 spiro atoms. The van der Waals surface area contributed by atoms with Crippen LogP contribution in [0.4, 0.5) is 5.95 Å². The van der Waals surface area contributed by atoms with Gasteiger partial charge in [0.05, 0.1) is 0 Å². The number of rotatable bonds is 4. The molecule has 23 heavy (non-hydrogen) atoms. The fourth-order valence-corrected chi connectivity index (χ4v) is 2.93. The summed E-state index contributed by atoms with van der Waals surface area (Å²) in [5, 5.41) is 2.88. The predicted octanol–water partition coefficient (Wildman–Crippen LogP) is 0.430. The lowest BCUT2D eigenvalue weighted by atomic mass is 10.0. The molecular formula is C16H23N5O2. The van der Waals surface area contributed by atoms with Gasteiger partial charge in [0.15, 0.2) is 0 Å². The number of carbonyl (C=O) groups excluding carboxylic acids is 2. The summed E-state index contributed by atoms with van der Waals surface area (Å²) in [6.07, 6.45) is 4.75. The molecule has 1 aliphatic heterocycles. The van der Waals surface area contributed by atoms with E-state index in [-0.39, 0.29) is 17.9 Å². The smallest absolute Gasteiger partial charge is 0.238 e. The van der Waals surface area contributed by atoms with Gasteiger partial charge in [0, 0.05) is 44.6 Å². The minimum absolute atomic E-state index is 0.0238. The van der Waals surface area contributed by atoms with E-state index >= 15 is 0 Å². The van der Waals surface area contributed by atoms with Crippen LogP contribution in [0, 0.1) is 5.41 Å². The summed E-state index contributed by atoms with van der Waals surface area (Å²) in [4.78, 5) is 37.4. The second kappa shape index (κ2) is 6.14. The predicted molar refractivity (Wildman–Crippen MR) is 85.8 cm³/mol. The highest BCUT2D eigenvalue weighted by Gasteiger charge is 2.58. The van der Waals surface area contributed by atoms with E-state index in [1.165, 1.54) is 0 Å². The first-order valence-corrected chi connectivity index (χ1v) is 8.15. The fourth-order valence-electron chi connectivity index (χ4n) is 2.93. The Kier molecular flexibility index (Phi) is 4.19. The molecule has 2 aliphatic rings. The molecular weight excluding hydrogens is 294 g/mol. The molecule has 7 heteroatoms. The number of nitrogens with zero attached hydrogens (tertiary/aromatic N) is 4. The SMILES string of the molecule is CC(C)NC(=O)C1(C(=O)N2CCN(c3ncccn3)CC2)CC1. The van der Waals surface area contributed by atoms with E-state index in [9.17, 15) is 9.59 Å². The molecule has 0 atom stereocenters. The molecule has 1 saturated heterocycles. The van der Waals surface area contributed by atoms with Crippen molar-refractivity contribution in [3.63, 3.8) is 0 Å². The van der Waals surface area contributed by atoms with Crippen molar-refractivity contribution in [2.45, 2.75) is 32.7 Å². The van der Waals surface area contributed by atoms with Crippen molar-refractivity contribution in [2.24, 2.45) is 5.41 Å². The van der Waals surface area contributed by atoms with Crippen LogP contribution < -0.4 is 10.2 Å². The number of piperazine rings is 1. The van der Waals surface area contributed by atoms with Crippen LogP contribution >= 0.6 is 0 Å². The zero-order valence-corrected chi connectivity index (χ0v) is 13.7. The molecule has 2 amide bonds. The highest BCUT2D eigenvalue weighted by Crippen LogP contribution is 2.47. The normalized spacial score (nSPS) is 19.6. The van der Waals surface area contributed by atoms with E-state index < -0.39 is 5.41 Å². The molecule has 1 aromatic rings. The van der Waals surface area contributed by atoms with Crippen molar-refractivity contribution < 1.29 is 9.59 Å². The van der Waals surface area contributed by atoms with Gasteiger partial charge in [-0.25, -0.2) is 9.97 Å². The average molecular weight is 317 g/mol. The van der Waals surface area contributed by atoms with Crippen LogP contribution in [-0.2, 0) is 9.59 Å². The fraction of sp³-hybridized carbons (Fsp3) is 0.625. The second-order valence-electron chi connectivity index (χ2n) is 6.54. The van der Waals surface area contributed by atoms with Crippen LogP contribution in [-0.4, -0.2) is 58.9 Å². The Morgan fingerprint density at radius 2 is 1.74 bits per heavy atom. The van der Waals surface area contributed by atoms with E-state index in [0.29, 0.717) is 45.0 Å². The summed E-state index contributed by atoms with van der Waals surface area (Å²) >= 11 is 0. The first-order valence-electron chi connectivity index (χ1n) is 8.15. The zero-order chi connectivity index (χ0) is 16.4. The van der Waals surface area contributed by atoms with E-state index in [1.54, 1.807) is 18.5 Å². The van der Waals surface area contributed by atoms with Gasteiger partial charge in [-0.05, 0) is 32.8 Å². The number of carbonyl (C=O) groups is 2. The minimum Gasteiger partial charge on any atom is -0.353 e. The van der Waals surface area contributed by atoms with Gasteiger partial charge in [0.1, 0.15) is 5.41 Å². The second-order valence-corrected chi connectivity index (χ2v) is 6.54. The lowest BCUT2D eigenvalue weighted by Crippen LogP contribution is -2.54. The maximum absolute atomic E-state index is 12.8. The maximum atomic E-state index is 12.8. The molecule has 3 rings (SSSR count). The summed E-state index contributed by atoms with van der Waals surface area (Å²) in [6.45, 7) is 6.42. The lowest BCUT2D eigenvalue weighted by molar-refractivity contribution is -0.144. The molecule has 1 N–H and O–H groups in total. The molecule has 0 radical (unpaired) electrons. The number of anilines is 1. The van der Waals surface area contributed by atoms with E-state index in [1.807, 2.05) is 18.7 Å². The van der Waals surface area contributed by atoms with Gasteiger partial charge in [0.2, 0.25) is 17.8 Å². The van der Waals surface area contributed by atoms with Crippen LogP contribution in [0.2, 0.25) is 0 Å². The van der Waals surface area contributed by atoms with E-state index in [2.05, 4.69) is 20.2 Å². The zero-order valence-electron chi connectivity index (χ0n) is 13.7. The summed E-state index contributed by atoms with van der Waals surface area (Å²) in [7, 11) is 0. The maximum Gasteiger partial charge on any atom is 0.238 e. The number of hydrogen-bond donors (Lipinski definition) is 1. The molecule has 124 valence electrons. The molecule has 0 unspecified atom stereocenters. The quantitative estimate of drug-likeness (QED) is 0.815. The molecule has 0 aromatic carbocycles. The van der Waals surface area contributed by atoms with Crippen molar-refractivity contribution in [3.05, 3.63) is 18.5 Å². The third kappa shape index (κ3) is 3.13. The monoisotopic (exact) mass is 317 g/mol. The summed E-state index contributed by atoms with van der Waals surface area (Å²) in [5.41, 5.74) is -0.810. The summed E-state index contributed by atoms with van der Waals surface area (Å²) in [5.74, 6) is 0.550. The Hall–Kier alpha value is -2.18. The van der Waals surface area contributed by atoms with Crippen molar-refractivity contribution in [1.29, 1.82) is 0 Å². The molecule has 7 nitrogen and oxygen atoms in total. The Bertz CT molecular complexity index is 577. The van der Waals surface area contributed by atoms with E-state index in [0.717, 1.165) is 0 Å². The van der Waals surface area contributed by atoms with Crippen LogP contribution in [0.5, 0.6) is 0 Å². The van der Waals surface area contributed by atoms with Crippen molar-refractivity contribution in [3.8, 4) is 0 Å². The Balaban J connectivity index is 1.59. The van der Waals surface area contributed by atoms with Crippen molar-refractivity contribution in [2.75, 3.05) is 31.1 Å². The van der Waals surface area contributed by atoms with Gasteiger partial charge >= 0.3 is 0 Å². The molecule has 1 saturated carbocycles. The topological polar surface area (TPSA) is 78.4 Å². The van der Waals surface area contributed by atoms with Crippen LogP contribution in [0.25, 0.3) is 0 Å². The molecule has 2 fully saturated rings. The third-order valence-electron chi connectivity index (χ3n) is 4.42. The van der Waals surface area contributed by atoms with Gasteiger partial charge in [0.25, 0.3) is 0 Å². The van der Waals surface area contributed by atoms with Gasteiger partial charge in [-0.1, -0.05) is 0 Å². The lowest BCUT2D eigenvalue weighted by Gasteiger charge is -2.36. The average Bonchev–Trinajstić information content (AvgIpc) is 3.36. The van der Waals surface area contributed by atoms with Crippen LogP contribution in [0.3, 0.4) is 0 Å². The Labute approximate surface area is 136 Å². The van der Waals surface area contributed by atoms with Crippen molar-refractivity contribution in [1.82, 2.24) is 20.2 Å². The van der Waals surface area contributed by atoms with Gasteiger partial charge in [-0.2, -0.15) is 0 Å².